The van der Waals surface area contributed by atoms with E-state index in [-0.39, 0.29) is 23.8 Å². The zero-order chi connectivity index (χ0) is 17.8. The number of benzene rings is 1. The van der Waals surface area contributed by atoms with Crippen LogP contribution in [0.25, 0.3) is 5.69 Å². The number of aromatic nitrogens is 3. The van der Waals surface area contributed by atoms with Gasteiger partial charge in [0, 0.05) is 17.2 Å². The predicted molar refractivity (Wildman–Crippen MR) is 87.8 cm³/mol. The van der Waals surface area contributed by atoms with E-state index in [4.69, 9.17) is 4.74 Å². The molecule has 8 heteroatoms. The quantitative estimate of drug-likeness (QED) is 0.510. The summed E-state index contributed by atoms with van der Waals surface area (Å²) in [5.74, 6) is -1.68. The molecular formula is C17H13F2N3O2S. The van der Waals surface area contributed by atoms with Gasteiger partial charge in [-0.3, -0.25) is 0 Å². The summed E-state index contributed by atoms with van der Waals surface area (Å²) in [5.41, 5.74) is 0.150. The second-order valence-electron chi connectivity index (χ2n) is 4.87. The van der Waals surface area contributed by atoms with Crippen LogP contribution in [0.5, 0.6) is 0 Å². The van der Waals surface area contributed by atoms with E-state index in [0.717, 1.165) is 0 Å². The van der Waals surface area contributed by atoms with Gasteiger partial charge in [-0.05, 0) is 43.3 Å². The van der Waals surface area contributed by atoms with E-state index in [9.17, 15) is 13.6 Å². The highest BCUT2D eigenvalue weighted by atomic mass is 32.2. The van der Waals surface area contributed by atoms with Gasteiger partial charge in [-0.1, -0.05) is 11.8 Å². The molecule has 0 spiro atoms. The minimum absolute atomic E-state index is 0.0507. The molecule has 0 radical (unpaired) electrons. The van der Waals surface area contributed by atoms with E-state index in [1.807, 2.05) is 0 Å². The number of carbonyl (C=O) groups is 1. The number of hydrogen-bond acceptors (Lipinski definition) is 5. The van der Waals surface area contributed by atoms with Gasteiger partial charge in [-0.15, -0.1) is 0 Å². The van der Waals surface area contributed by atoms with E-state index in [1.54, 1.807) is 25.1 Å². The largest absolute Gasteiger partial charge is 0.461 e. The fourth-order valence-corrected chi connectivity index (χ4v) is 2.98. The number of esters is 1. The highest BCUT2D eigenvalue weighted by molar-refractivity contribution is 7.99. The van der Waals surface area contributed by atoms with Crippen LogP contribution in [0, 0.1) is 11.8 Å². The fraction of sp³-hybridized carbons (Fsp3) is 0.118. The molecule has 0 bridgehead atoms. The zero-order valence-electron chi connectivity index (χ0n) is 13.1. The third kappa shape index (κ3) is 3.85. The highest BCUT2D eigenvalue weighted by Crippen LogP contribution is 2.31. The molecule has 0 aliphatic heterocycles. The van der Waals surface area contributed by atoms with Gasteiger partial charge in [-0.2, -0.15) is 9.49 Å². The topological polar surface area (TPSA) is 57.0 Å². The van der Waals surface area contributed by atoms with Gasteiger partial charge in [-0.25, -0.2) is 18.9 Å². The van der Waals surface area contributed by atoms with Gasteiger partial charge in [0.25, 0.3) is 0 Å². The summed E-state index contributed by atoms with van der Waals surface area (Å²) in [5, 5.41) is 4.61. The van der Waals surface area contributed by atoms with Crippen molar-refractivity contribution >= 4 is 17.7 Å². The molecule has 0 fully saturated rings. The lowest BCUT2D eigenvalue weighted by Gasteiger charge is -2.07. The van der Waals surface area contributed by atoms with Crippen molar-refractivity contribution in [2.75, 3.05) is 6.61 Å². The Bertz CT molecular complexity index is 897. The first-order valence-electron chi connectivity index (χ1n) is 7.40. The van der Waals surface area contributed by atoms with E-state index >= 15 is 0 Å². The van der Waals surface area contributed by atoms with Gasteiger partial charge >= 0.3 is 5.97 Å². The van der Waals surface area contributed by atoms with E-state index in [0.29, 0.717) is 9.92 Å². The van der Waals surface area contributed by atoms with Gasteiger partial charge in [0.2, 0.25) is 5.95 Å². The van der Waals surface area contributed by atoms with Crippen molar-refractivity contribution in [3.63, 3.8) is 0 Å². The first kappa shape index (κ1) is 17.1. The molecule has 0 atom stereocenters. The van der Waals surface area contributed by atoms with Crippen LogP contribution in [0.1, 0.15) is 17.4 Å². The Morgan fingerprint density at radius 1 is 1.24 bits per heavy atom. The number of pyridine rings is 1. The number of nitrogens with zero attached hydrogens (tertiary/aromatic N) is 3. The minimum Gasteiger partial charge on any atom is -0.461 e. The summed E-state index contributed by atoms with van der Waals surface area (Å²) in [7, 11) is 0. The van der Waals surface area contributed by atoms with Crippen LogP contribution in [-0.2, 0) is 4.74 Å². The average Bonchev–Trinajstić information content (AvgIpc) is 3.01. The molecular weight excluding hydrogens is 348 g/mol. The molecule has 0 N–H and O–H groups in total. The van der Waals surface area contributed by atoms with Crippen LogP contribution in [0.4, 0.5) is 8.78 Å². The van der Waals surface area contributed by atoms with Crippen LogP contribution < -0.4 is 0 Å². The predicted octanol–water partition coefficient (Wildman–Crippen LogP) is 3.87. The molecule has 0 aliphatic carbocycles. The number of rotatable bonds is 5. The second-order valence-corrected chi connectivity index (χ2v) is 5.96. The molecule has 0 amide bonds. The molecule has 25 heavy (non-hydrogen) atoms. The molecule has 3 rings (SSSR count). The molecule has 2 aromatic heterocycles. The molecule has 0 saturated carbocycles. The van der Waals surface area contributed by atoms with E-state index < -0.39 is 11.9 Å². The highest BCUT2D eigenvalue weighted by Gasteiger charge is 2.19. The maximum atomic E-state index is 14.1. The van der Waals surface area contributed by atoms with Crippen molar-refractivity contribution in [1.82, 2.24) is 14.8 Å². The Kier molecular flexibility index (Phi) is 5.08. The summed E-state index contributed by atoms with van der Waals surface area (Å²) in [6, 6.07) is 10.4. The first-order valence-corrected chi connectivity index (χ1v) is 8.21. The summed E-state index contributed by atoms with van der Waals surface area (Å²) >= 11 is 1.21. The molecule has 2 heterocycles. The van der Waals surface area contributed by atoms with Crippen LogP contribution >= 0.6 is 11.8 Å². The monoisotopic (exact) mass is 361 g/mol. The number of halogens is 2. The van der Waals surface area contributed by atoms with Crippen molar-refractivity contribution in [2.45, 2.75) is 16.8 Å². The number of hydrogen-bond donors (Lipinski definition) is 0. The van der Waals surface area contributed by atoms with Crippen molar-refractivity contribution in [3.05, 3.63) is 66.1 Å². The Morgan fingerprint density at radius 3 is 2.68 bits per heavy atom. The lowest BCUT2D eigenvalue weighted by atomic mass is 10.4. The Morgan fingerprint density at radius 2 is 2.00 bits per heavy atom. The molecule has 3 aromatic rings. The van der Waals surface area contributed by atoms with E-state index in [1.165, 1.54) is 46.9 Å². The van der Waals surface area contributed by atoms with Crippen molar-refractivity contribution < 1.29 is 18.3 Å². The third-order valence-corrected chi connectivity index (χ3v) is 4.17. The molecule has 1 aromatic carbocycles. The molecule has 5 nitrogen and oxygen atoms in total. The normalized spacial score (nSPS) is 10.7. The summed E-state index contributed by atoms with van der Waals surface area (Å²) in [6.07, 6.45) is 1.32. The minimum atomic E-state index is -0.720. The number of ether oxygens (including phenoxy) is 1. The van der Waals surface area contributed by atoms with Gasteiger partial charge in [0.1, 0.15) is 16.5 Å². The van der Waals surface area contributed by atoms with Crippen LogP contribution in [0.3, 0.4) is 0 Å². The molecule has 0 aliphatic rings. The van der Waals surface area contributed by atoms with Crippen molar-refractivity contribution in [2.24, 2.45) is 0 Å². The Labute approximate surface area is 146 Å². The SMILES string of the molecule is CCOC(=O)c1cc(Sc2ccc(F)cc2)n(-c2cccnc2F)n1. The molecule has 0 saturated heterocycles. The smallest absolute Gasteiger partial charge is 0.358 e. The van der Waals surface area contributed by atoms with E-state index in [2.05, 4.69) is 10.1 Å². The fourth-order valence-electron chi connectivity index (χ4n) is 2.07. The van der Waals surface area contributed by atoms with Crippen LogP contribution in [-0.4, -0.2) is 27.3 Å². The van der Waals surface area contributed by atoms with Crippen molar-refractivity contribution in [1.29, 1.82) is 0 Å². The van der Waals surface area contributed by atoms with Crippen LogP contribution in [0.2, 0.25) is 0 Å². The molecule has 128 valence electrons. The standard InChI is InChI=1S/C17H13F2N3O2S/c1-2-24-17(23)13-10-15(25-12-7-5-11(18)6-8-12)22(21-13)14-4-3-9-20-16(14)19/h3-10H,2H2,1H3. The summed E-state index contributed by atoms with van der Waals surface area (Å²) in [6.45, 7) is 1.89. The van der Waals surface area contributed by atoms with Gasteiger partial charge < -0.3 is 4.74 Å². The lowest BCUT2D eigenvalue weighted by molar-refractivity contribution is 0.0519. The van der Waals surface area contributed by atoms with Crippen molar-refractivity contribution in [3.8, 4) is 5.69 Å². The Balaban J connectivity index is 2.03. The van der Waals surface area contributed by atoms with Gasteiger partial charge in [0.15, 0.2) is 5.69 Å². The lowest BCUT2D eigenvalue weighted by Crippen LogP contribution is -2.08. The summed E-state index contributed by atoms with van der Waals surface area (Å²) in [4.78, 5) is 16.3. The first-order chi connectivity index (χ1) is 12.1. The third-order valence-electron chi connectivity index (χ3n) is 3.16. The Hall–Kier alpha value is -2.74. The maximum Gasteiger partial charge on any atom is 0.358 e. The van der Waals surface area contributed by atoms with Crippen LogP contribution in [0.15, 0.2) is 58.6 Å². The average molecular weight is 361 g/mol. The zero-order valence-corrected chi connectivity index (χ0v) is 14.0. The summed E-state index contributed by atoms with van der Waals surface area (Å²) < 4.78 is 33.4. The van der Waals surface area contributed by atoms with Gasteiger partial charge in [0.05, 0.1) is 6.61 Å². The maximum absolute atomic E-state index is 14.1. The second kappa shape index (κ2) is 7.43. The number of carbonyl (C=O) groups excluding carboxylic acids is 1. The molecule has 0 unspecified atom stereocenters.